The summed E-state index contributed by atoms with van der Waals surface area (Å²) >= 11 is 0. The molecule has 1 aromatic carbocycles. The van der Waals surface area contributed by atoms with Crippen LogP contribution in [-0.2, 0) is 6.54 Å². The van der Waals surface area contributed by atoms with Gasteiger partial charge in [0, 0.05) is 44.5 Å². The molecule has 0 bridgehead atoms. The summed E-state index contributed by atoms with van der Waals surface area (Å²) in [7, 11) is 0. The number of aryl methyl sites for hydroxylation is 3. The zero-order chi connectivity index (χ0) is 17.4. The number of hydrogen-bond acceptors (Lipinski definition) is 3. The summed E-state index contributed by atoms with van der Waals surface area (Å²) in [6, 6.07) is 10.9. The molecule has 0 radical (unpaired) electrons. The van der Waals surface area contributed by atoms with Gasteiger partial charge < -0.3 is 9.72 Å². The van der Waals surface area contributed by atoms with E-state index < -0.39 is 0 Å². The lowest BCUT2D eigenvalue weighted by Crippen LogP contribution is -2.43. The zero-order valence-corrected chi connectivity index (χ0v) is 15.3. The Labute approximate surface area is 149 Å². The lowest BCUT2D eigenvalue weighted by molar-refractivity contribution is 0.230. The maximum absolute atomic E-state index is 4.98. The predicted molar refractivity (Wildman–Crippen MR) is 103 cm³/mol. The van der Waals surface area contributed by atoms with E-state index in [2.05, 4.69) is 71.9 Å². The quantitative estimate of drug-likeness (QED) is 0.797. The van der Waals surface area contributed by atoms with Gasteiger partial charge in [-0.15, -0.1) is 0 Å². The number of benzene rings is 1. The molecule has 0 saturated carbocycles. The average Bonchev–Trinajstić information content (AvgIpc) is 2.96. The minimum absolute atomic E-state index is 0.939. The van der Waals surface area contributed by atoms with E-state index in [0.717, 1.165) is 44.1 Å². The van der Waals surface area contributed by atoms with Crippen LogP contribution in [0.1, 0.15) is 22.4 Å². The fourth-order valence-corrected chi connectivity index (χ4v) is 3.55. The van der Waals surface area contributed by atoms with Gasteiger partial charge in [-0.3, -0.25) is 4.90 Å². The molecule has 1 aliphatic rings. The highest BCUT2D eigenvalue weighted by molar-refractivity contribution is 5.68. The van der Waals surface area contributed by atoms with E-state index in [0.29, 0.717) is 0 Å². The van der Waals surface area contributed by atoms with E-state index in [4.69, 9.17) is 4.98 Å². The number of hydrogen-bond donors (Lipinski definition) is 1. The standard InChI is InChI=1S/C21H26N4/c1-15-4-7-20-23-21(18-6-5-16(2)17(3)12-18)19(25(20)13-15)14-24-10-8-22-9-11-24/h4-7,12-13,22H,8-11,14H2,1-3H3. The van der Waals surface area contributed by atoms with Crippen molar-refractivity contribution in [3.05, 3.63) is 58.9 Å². The van der Waals surface area contributed by atoms with Gasteiger partial charge in [0.05, 0.1) is 11.4 Å². The molecule has 0 unspecified atom stereocenters. The van der Waals surface area contributed by atoms with Crippen molar-refractivity contribution < 1.29 is 0 Å². The first kappa shape index (κ1) is 16.3. The Bertz CT molecular complexity index is 904. The molecule has 1 aliphatic heterocycles. The summed E-state index contributed by atoms with van der Waals surface area (Å²) < 4.78 is 2.28. The number of imidazole rings is 1. The van der Waals surface area contributed by atoms with Gasteiger partial charge >= 0.3 is 0 Å². The molecule has 0 spiro atoms. The highest BCUT2D eigenvalue weighted by Gasteiger charge is 2.18. The van der Waals surface area contributed by atoms with Crippen molar-refractivity contribution in [1.29, 1.82) is 0 Å². The van der Waals surface area contributed by atoms with Crippen molar-refractivity contribution in [3.63, 3.8) is 0 Å². The van der Waals surface area contributed by atoms with Gasteiger partial charge in [0.2, 0.25) is 0 Å². The minimum atomic E-state index is 0.939. The number of fused-ring (bicyclic) bond motifs is 1. The third-order valence-electron chi connectivity index (χ3n) is 5.23. The molecule has 4 rings (SSSR count). The predicted octanol–water partition coefficient (Wildman–Crippen LogP) is 3.33. The van der Waals surface area contributed by atoms with Crippen LogP contribution in [0.25, 0.3) is 16.9 Å². The number of nitrogens with one attached hydrogen (secondary N) is 1. The molecule has 4 heteroatoms. The van der Waals surface area contributed by atoms with E-state index in [1.165, 1.54) is 27.9 Å². The molecule has 25 heavy (non-hydrogen) atoms. The maximum Gasteiger partial charge on any atom is 0.137 e. The molecular weight excluding hydrogens is 308 g/mol. The van der Waals surface area contributed by atoms with Gasteiger partial charge in [-0.25, -0.2) is 4.98 Å². The first-order valence-electron chi connectivity index (χ1n) is 9.10. The van der Waals surface area contributed by atoms with E-state index in [9.17, 15) is 0 Å². The summed E-state index contributed by atoms with van der Waals surface area (Å²) in [6.45, 7) is 11.7. The molecule has 1 fully saturated rings. The Hall–Kier alpha value is -2.17. The number of pyridine rings is 1. The fourth-order valence-electron chi connectivity index (χ4n) is 3.55. The third-order valence-corrected chi connectivity index (χ3v) is 5.23. The van der Waals surface area contributed by atoms with Crippen LogP contribution in [0, 0.1) is 20.8 Å². The maximum atomic E-state index is 4.98. The van der Waals surface area contributed by atoms with Crippen LogP contribution in [0.5, 0.6) is 0 Å². The molecule has 4 nitrogen and oxygen atoms in total. The zero-order valence-electron chi connectivity index (χ0n) is 15.3. The smallest absolute Gasteiger partial charge is 0.137 e. The first-order valence-corrected chi connectivity index (χ1v) is 9.10. The van der Waals surface area contributed by atoms with Crippen molar-refractivity contribution >= 4 is 5.65 Å². The number of rotatable bonds is 3. The third kappa shape index (κ3) is 3.20. The second-order valence-corrected chi connectivity index (χ2v) is 7.17. The second-order valence-electron chi connectivity index (χ2n) is 7.17. The highest BCUT2D eigenvalue weighted by Crippen LogP contribution is 2.28. The molecule has 0 aliphatic carbocycles. The van der Waals surface area contributed by atoms with E-state index in [-0.39, 0.29) is 0 Å². The van der Waals surface area contributed by atoms with Crippen LogP contribution < -0.4 is 5.32 Å². The van der Waals surface area contributed by atoms with E-state index >= 15 is 0 Å². The Balaban J connectivity index is 1.83. The summed E-state index contributed by atoms with van der Waals surface area (Å²) in [5, 5.41) is 3.44. The highest BCUT2D eigenvalue weighted by atomic mass is 15.2. The van der Waals surface area contributed by atoms with Crippen LogP contribution in [-0.4, -0.2) is 40.5 Å². The monoisotopic (exact) mass is 334 g/mol. The molecule has 1 saturated heterocycles. The van der Waals surface area contributed by atoms with Crippen molar-refractivity contribution in [2.75, 3.05) is 26.2 Å². The molecule has 130 valence electrons. The number of aromatic nitrogens is 2. The van der Waals surface area contributed by atoms with Gasteiger partial charge in [-0.2, -0.15) is 0 Å². The number of nitrogens with zero attached hydrogens (tertiary/aromatic N) is 3. The Morgan fingerprint density at radius 2 is 1.80 bits per heavy atom. The molecule has 3 aromatic rings. The van der Waals surface area contributed by atoms with Gasteiger partial charge in [0.15, 0.2) is 0 Å². The molecule has 3 heterocycles. The Kier molecular flexibility index (Phi) is 4.32. The lowest BCUT2D eigenvalue weighted by atomic mass is 10.0. The largest absolute Gasteiger partial charge is 0.314 e. The summed E-state index contributed by atoms with van der Waals surface area (Å²) in [4.78, 5) is 7.50. The first-order chi connectivity index (χ1) is 12.1. The fraction of sp³-hybridized carbons (Fsp3) is 0.381. The normalized spacial score (nSPS) is 15.8. The SMILES string of the molecule is Cc1ccc2nc(-c3ccc(C)c(C)c3)c(CN3CCNCC3)n2c1. The molecular formula is C21H26N4. The van der Waals surface area contributed by atoms with Crippen LogP contribution in [0.15, 0.2) is 36.5 Å². The van der Waals surface area contributed by atoms with Crippen molar-refractivity contribution in [1.82, 2.24) is 19.6 Å². The molecule has 0 amide bonds. The second kappa shape index (κ2) is 6.62. The van der Waals surface area contributed by atoms with Crippen molar-refractivity contribution in [2.45, 2.75) is 27.3 Å². The van der Waals surface area contributed by atoms with Crippen LogP contribution in [0.4, 0.5) is 0 Å². The lowest BCUT2D eigenvalue weighted by Gasteiger charge is -2.27. The minimum Gasteiger partial charge on any atom is -0.314 e. The molecule has 2 aromatic heterocycles. The van der Waals surface area contributed by atoms with Crippen molar-refractivity contribution in [2.24, 2.45) is 0 Å². The van der Waals surface area contributed by atoms with Crippen LogP contribution in [0.2, 0.25) is 0 Å². The number of piperazine rings is 1. The van der Waals surface area contributed by atoms with E-state index in [1.54, 1.807) is 0 Å². The van der Waals surface area contributed by atoms with Gasteiger partial charge in [0.25, 0.3) is 0 Å². The molecule has 0 atom stereocenters. The van der Waals surface area contributed by atoms with Gasteiger partial charge in [-0.05, 0) is 49.6 Å². The summed E-state index contributed by atoms with van der Waals surface area (Å²) in [5.41, 5.74) is 8.57. The van der Waals surface area contributed by atoms with Gasteiger partial charge in [-0.1, -0.05) is 18.2 Å². The Morgan fingerprint density at radius 1 is 1.00 bits per heavy atom. The summed E-state index contributed by atoms with van der Waals surface area (Å²) in [5.74, 6) is 0. The van der Waals surface area contributed by atoms with Crippen LogP contribution in [0.3, 0.4) is 0 Å². The Morgan fingerprint density at radius 3 is 2.56 bits per heavy atom. The topological polar surface area (TPSA) is 32.6 Å². The van der Waals surface area contributed by atoms with Crippen LogP contribution >= 0.6 is 0 Å². The van der Waals surface area contributed by atoms with E-state index in [1.807, 2.05) is 0 Å². The average molecular weight is 334 g/mol. The summed E-state index contributed by atoms with van der Waals surface area (Å²) in [6.07, 6.45) is 2.21. The van der Waals surface area contributed by atoms with Crippen molar-refractivity contribution in [3.8, 4) is 11.3 Å². The van der Waals surface area contributed by atoms with Gasteiger partial charge in [0.1, 0.15) is 5.65 Å². The molecule has 1 N–H and O–H groups in total.